The van der Waals surface area contributed by atoms with Crippen molar-refractivity contribution >= 4 is 5.57 Å². The van der Waals surface area contributed by atoms with Gasteiger partial charge in [0.15, 0.2) is 0 Å². The van der Waals surface area contributed by atoms with E-state index < -0.39 is 5.60 Å². The largest absolute Gasteiger partial charge is 0.396 e. The van der Waals surface area contributed by atoms with Crippen molar-refractivity contribution in [2.45, 2.75) is 38.7 Å². The maximum Gasteiger partial charge on any atom is 0.124 e. The molecule has 0 radical (unpaired) electrons. The van der Waals surface area contributed by atoms with Crippen molar-refractivity contribution in [3.05, 3.63) is 71.6 Å². The van der Waals surface area contributed by atoms with Gasteiger partial charge >= 0.3 is 0 Å². The number of rotatable bonds is 7. The summed E-state index contributed by atoms with van der Waals surface area (Å²) in [5.74, 6) is 0.444. The van der Waals surface area contributed by atoms with Gasteiger partial charge in [-0.3, -0.25) is 4.98 Å². The minimum atomic E-state index is -1.16. The minimum absolute atomic E-state index is 0.0481. The van der Waals surface area contributed by atoms with Gasteiger partial charge in [0.1, 0.15) is 5.60 Å². The van der Waals surface area contributed by atoms with Crippen molar-refractivity contribution in [2.24, 2.45) is 5.41 Å². The Morgan fingerprint density at radius 1 is 1.21 bits per heavy atom. The number of hydrogen-bond acceptors (Lipinski definition) is 4. The molecule has 4 nitrogen and oxygen atoms in total. The predicted molar refractivity (Wildman–Crippen MR) is 114 cm³/mol. The van der Waals surface area contributed by atoms with Gasteiger partial charge in [-0.05, 0) is 47.7 Å². The Morgan fingerprint density at radius 2 is 1.86 bits per heavy atom. The molecule has 1 saturated heterocycles. The molecule has 0 bridgehead atoms. The first-order chi connectivity index (χ1) is 13.2. The fourth-order valence-corrected chi connectivity index (χ4v) is 4.46. The van der Waals surface area contributed by atoms with Crippen LogP contribution >= 0.6 is 0 Å². The van der Waals surface area contributed by atoms with Gasteiger partial charge in [0, 0.05) is 43.1 Å². The van der Waals surface area contributed by atoms with E-state index in [0.717, 1.165) is 35.4 Å². The second-order valence-corrected chi connectivity index (χ2v) is 8.76. The zero-order chi connectivity index (χ0) is 20.5. The molecule has 1 atom stereocenters. The number of aliphatic hydroxyl groups is 2. The van der Waals surface area contributed by atoms with Crippen LogP contribution in [0.5, 0.6) is 0 Å². The summed E-state index contributed by atoms with van der Waals surface area (Å²) in [4.78, 5) is 6.62. The molecule has 0 amide bonds. The molecule has 28 heavy (non-hydrogen) atoms. The molecular weight excluding hydrogens is 348 g/mol. The van der Waals surface area contributed by atoms with Crippen molar-refractivity contribution in [2.75, 3.05) is 26.7 Å². The average Bonchev–Trinajstić information content (AvgIpc) is 2.66. The molecule has 1 unspecified atom stereocenters. The fraction of sp³-hybridized carbons (Fsp3) is 0.458. The number of nitrogens with zero attached hydrogens (tertiary/aromatic N) is 2. The first kappa shape index (κ1) is 20.7. The molecule has 1 fully saturated rings. The smallest absolute Gasteiger partial charge is 0.124 e. The van der Waals surface area contributed by atoms with Crippen molar-refractivity contribution < 1.29 is 10.2 Å². The first-order valence-electron chi connectivity index (χ1n) is 9.97. The monoisotopic (exact) mass is 380 g/mol. The second kappa shape index (κ2) is 7.78. The van der Waals surface area contributed by atoms with Gasteiger partial charge in [0.2, 0.25) is 0 Å². The van der Waals surface area contributed by atoms with Crippen molar-refractivity contribution in [1.82, 2.24) is 9.88 Å². The third-order valence-electron chi connectivity index (χ3n) is 6.08. The van der Waals surface area contributed by atoms with Gasteiger partial charge < -0.3 is 15.1 Å². The van der Waals surface area contributed by atoms with Crippen LogP contribution in [0, 0.1) is 5.41 Å². The predicted octanol–water partition coefficient (Wildman–Crippen LogP) is 3.79. The maximum atomic E-state index is 12.2. The van der Waals surface area contributed by atoms with E-state index in [-0.39, 0.29) is 12.0 Å². The summed E-state index contributed by atoms with van der Waals surface area (Å²) in [6.45, 7) is 12.2. The molecule has 1 aliphatic rings. The molecule has 1 aromatic heterocycles. The quantitative estimate of drug-likeness (QED) is 0.767. The van der Waals surface area contributed by atoms with Crippen molar-refractivity contribution in [3.63, 3.8) is 0 Å². The number of pyridine rings is 1. The summed E-state index contributed by atoms with van der Waals surface area (Å²) in [6.07, 6.45) is 4.00. The number of benzene rings is 1. The highest BCUT2D eigenvalue weighted by Crippen LogP contribution is 2.50. The molecular formula is C24H32N2O2. The summed E-state index contributed by atoms with van der Waals surface area (Å²) in [7, 11) is 2.07. The Hall–Kier alpha value is -2.01. The van der Waals surface area contributed by atoms with Crippen molar-refractivity contribution in [1.29, 1.82) is 0 Å². The van der Waals surface area contributed by atoms with Gasteiger partial charge in [0.25, 0.3) is 0 Å². The lowest BCUT2D eigenvalue weighted by Gasteiger charge is -2.56. The van der Waals surface area contributed by atoms with E-state index >= 15 is 0 Å². The normalized spacial score (nSPS) is 18.5. The minimum Gasteiger partial charge on any atom is -0.396 e. The van der Waals surface area contributed by atoms with Crippen LogP contribution in [0.15, 0.2) is 49.3 Å². The molecule has 2 heterocycles. The van der Waals surface area contributed by atoms with Crippen LogP contribution in [0.3, 0.4) is 0 Å². The molecule has 0 aliphatic carbocycles. The van der Waals surface area contributed by atoms with Gasteiger partial charge in [0.05, 0.1) is 0 Å². The Labute approximate surface area is 168 Å². The van der Waals surface area contributed by atoms with Gasteiger partial charge in [-0.1, -0.05) is 51.6 Å². The summed E-state index contributed by atoms with van der Waals surface area (Å²) in [5.41, 5.74) is 3.13. The molecule has 0 saturated carbocycles. The third-order valence-corrected chi connectivity index (χ3v) is 6.08. The SMILES string of the molecule is C=C(CCO)c1cncc(C(O)(c2ccc(C(C)C)cc2)C2(C)CN(C)C2)c1. The maximum absolute atomic E-state index is 12.2. The number of likely N-dealkylation sites (tertiary alicyclic amines) is 1. The highest BCUT2D eigenvalue weighted by atomic mass is 16.3. The van der Waals surface area contributed by atoms with E-state index in [9.17, 15) is 10.2 Å². The van der Waals surface area contributed by atoms with Crippen LogP contribution < -0.4 is 0 Å². The van der Waals surface area contributed by atoms with E-state index in [0.29, 0.717) is 12.3 Å². The van der Waals surface area contributed by atoms with Crippen LogP contribution in [0.4, 0.5) is 0 Å². The van der Waals surface area contributed by atoms with Crippen LogP contribution in [-0.2, 0) is 5.60 Å². The zero-order valence-corrected chi connectivity index (χ0v) is 17.4. The highest BCUT2D eigenvalue weighted by molar-refractivity contribution is 5.63. The van der Waals surface area contributed by atoms with Crippen molar-refractivity contribution in [3.8, 4) is 0 Å². The lowest BCUT2D eigenvalue weighted by molar-refractivity contribution is -0.127. The molecule has 0 spiro atoms. The Morgan fingerprint density at radius 3 is 2.39 bits per heavy atom. The molecule has 150 valence electrons. The van der Waals surface area contributed by atoms with Crippen LogP contribution in [-0.4, -0.2) is 46.8 Å². The first-order valence-corrected chi connectivity index (χ1v) is 9.97. The molecule has 4 heteroatoms. The lowest BCUT2D eigenvalue weighted by Crippen LogP contribution is -2.63. The third kappa shape index (κ3) is 3.52. The van der Waals surface area contributed by atoms with Crippen LogP contribution in [0.2, 0.25) is 0 Å². The Balaban J connectivity index is 2.10. The lowest BCUT2D eigenvalue weighted by atomic mass is 9.62. The summed E-state index contributed by atoms with van der Waals surface area (Å²) >= 11 is 0. The zero-order valence-electron chi connectivity index (χ0n) is 17.4. The van der Waals surface area contributed by atoms with Gasteiger partial charge in [-0.25, -0.2) is 0 Å². The second-order valence-electron chi connectivity index (χ2n) is 8.76. The van der Waals surface area contributed by atoms with Crippen LogP contribution in [0.1, 0.15) is 55.4 Å². The van der Waals surface area contributed by atoms with E-state index in [1.54, 1.807) is 12.4 Å². The van der Waals surface area contributed by atoms with E-state index in [2.05, 4.69) is 56.4 Å². The summed E-state index contributed by atoms with van der Waals surface area (Å²) in [5, 5.41) is 21.4. The summed E-state index contributed by atoms with van der Waals surface area (Å²) < 4.78 is 0. The highest BCUT2D eigenvalue weighted by Gasteiger charge is 2.55. The Kier molecular flexibility index (Phi) is 5.76. The van der Waals surface area contributed by atoms with E-state index in [1.165, 1.54) is 5.56 Å². The topological polar surface area (TPSA) is 56.6 Å². The van der Waals surface area contributed by atoms with E-state index in [4.69, 9.17) is 0 Å². The number of hydrogen-bond donors (Lipinski definition) is 2. The standard InChI is InChI=1S/C24H32N2O2/c1-17(2)19-6-8-21(9-7-19)24(28,23(4)15-26(5)16-23)22-12-20(13-25-14-22)18(3)10-11-27/h6-9,12-14,17,27-28H,3,10-11,15-16H2,1-2,4-5H3. The van der Waals surface area contributed by atoms with E-state index in [1.807, 2.05) is 18.2 Å². The molecule has 2 aromatic rings. The van der Waals surface area contributed by atoms with Gasteiger partial charge in [-0.2, -0.15) is 0 Å². The van der Waals surface area contributed by atoms with Crippen LogP contribution in [0.25, 0.3) is 5.57 Å². The molecule has 1 aromatic carbocycles. The summed E-state index contributed by atoms with van der Waals surface area (Å²) in [6, 6.07) is 10.3. The van der Waals surface area contributed by atoms with Gasteiger partial charge in [-0.15, -0.1) is 0 Å². The molecule has 1 aliphatic heterocycles. The number of aromatic nitrogens is 1. The molecule has 2 N–H and O–H groups in total. The average molecular weight is 381 g/mol. The molecule has 3 rings (SSSR count). The Bertz CT molecular complexity index is 838. The fourth-order valence-electron chi connectivity index (χ4n) is 4.46. The number of aliphatic hydroxyl groups excluding tert-OH is 1.